The van der Waals surface area contributed by atoms with E-state index in [1.807, 2.05) is 0 Å². The van der Waals surface area contributed by atoms with E-state index < -0.39 is 22.8 Å². The number of carbonyl (C=O) groups is 2. The Morgan fingerprint density at radius 3 is 2.24 bits per heavy atom. The van der Waals surface area contributed by atoms with Crippen LogP contribution in [0.15, 0.2) is 48.5 Å². The number of halogens is 4. The second kappa shape index (κ2) is 10.3. The highest BCUT2D eigenvalue weighted by Gasteiger charge is 2.29. The van der Waals surface area contributed by atoms with Crippen LogP contribution in [0.1, 0.15) is 18.1 Å². The van der Waals surface area contributed by atoms with E-state index in [1.165, 1.54) is 36.4 Å². The van der Waals surface area contributed by atoms with Crippen LogP contribution in [-0.2, 0) is 22.2 Å². The number of carbonyl (C=O) groups excluding carboxylic acids is 2. The molecule has 9 heteroatoms. The third-order valence-corrected chi connectivity index (χ3v) is 5.10. The van der Waals surface area contributed by atoms with E-state index in [4.69, 9.17) is 0 Å². The van der Waals surface area contributed by atoms with Gasteiger partial charge in [0.05, 0.1) is 16.6 Å². The van der Waals surface area contributed by atoms with Gasteiger partial charge in [0, 0.05) is 12.2 Å². The van der Waals surface area contributed by atoms with Gasteiger partial charge in [-0.05, 0) is 55.3 Å². The highest BCUT2D eigenvalue weighted by Crippen LogP contribution is 2.29. The topological polar surface area (TPSA) is 58.2 Å². The summed E-state index contributed by atoms with van der Waals surface area (Å²) in [5.74, 6) is -0.938. The van der Waals surface area contributed by atoms with Gasteiger partial charge in [0.15, 0.2) is 0 Å². The van der Waals surface area contributed by atoms with Crippen molar-refractivity contribution in [2.45, 2.75) is 24.8 Å². The van der Waals surface area contributed by atoms with E-state index in [2.05, 4.69) is 10.6 Å². The molecular weight excluding hydrogens is 408 g/mol. The van der Waals surface area contributed by atoms with Crippen molar-refractivity contribution in [3.63, 3.8) is 0 Å². The predicted molar refractivity (Wildman–Crippen MR) is 105 cm³/mol. The molecule has 4 nitrogen and oxygen atoms in total. The van der Waals surface area contributed by atoms with E-state index >= 15 is 0 Å². The number of thioether (sulfide) groups is 1. The maximum atomic E-state index is 12.8. The number of amides is 2. The molecule has 0 aromatic heterocycles. The van der Waals surface area contributed by atoms with Crippen LogP contribution in [0, 0.1) is 5.82 Å². The lowest BCUT2D eigenvalue weighted by atomic mass is 10.1. The van der Waals surface area contributed by atoms with Crippen LogP contribution in [0.2, 0.25) is 0 Å². The number of alkyl halides is 3. The Morgan fingerprint density at radius 2 is 1.66 bits per heavy atom. The molecule has 0 saturated carbocycles. The van der Waals surface area contributed by atoms with Crippen LogP contribution in [0.3, 0.4) is 0 Å². The van der Waals surface area contributed by atoms with E-state index in [9.17, 15) is 27.2 Å². The SMILES string of the molecule is CC(SCC(=O)Nc1ccc(F)cc1)C(=O)NCCc1ccc(C(F)(F)F)cc1. The van der Waals surface area contributed by atoms with E-state index in [-0.39, 0.29) is 24.1 Å². The molecule has 1 atom stereocenters. The molecule has 2 aromatic rings. The zero-order valence-electron chi connectivity index (χ0n) is 15.6. The van der Waals surface area contributed by atoms with Gasteiger partial charge in [-0.1, -0.05) is 12.1 Å². The van der Waals surface area contributed by atoms with Crippen molar-refractivity contribution in [1.82, 2.24) is 5.32 Å². The number of rotatable bonds is 8. The predicted octanol–water partition coefficient (Wildman–Crippen LogP) is 4.26. The molecule has 0 aliphatic heterocycles. The van der Waals surface area contributed by atoms with E-state index in [0.717, 1.165) is 23.9 Å². The Bertz CT molecular complexity index is 824. The second-order valence-corrected chi connectivity index (χ2v) is 7.57. The average molecular weight is 428 g/mol. The van der Waals surface area contributed by atoms with Gasteiger partial charge < -0.3 is 10.6 Å². The molecule has 29 heavy (non-hydrogen) atoms. The molecule has 2 N–H and O–H groups in total. The molecule has 0 spiro atoms. The van der Waals surface area contributed by atoms with Crippen LogP contribution in [-0.4, -0.2) is 29.4 Å². The van der Waals surface area contributed by atoms with Gasteiger partial charge in [0.25, 0.3) is 0 Å². The highest BCUT2D eigenvalue weighted by molar-refractivity contribution is 8.01. The molecule has 2 aromatic carbocycles. The van der Waals surface area contributed by atoms with Gasteiger partial charge in [-0.3, -0.25) is 9.59 Å². The summed E-state index contributed by atoms with van der Waals surface area (Å²) in [5, 5.41) is 4.82. The minimum atomic E-state index is -4.37. The molecule has 1 unspecified atom stereocenters. The summed E-state index contributed by atoms with van der Waals surface area (Å²) >= 11 is 1.14. The van der Waals surface area contributed by atoms with Crippen LogP contribution in [0.4, 0.5) is 23.2 Å². The van der Waals surface area contributed by atoms with Crippen LogP contribution in [0.25, 0.3) is 0 Å². The summed E-state index contributed by atoms with van der Waals surface area (Å²) in [6, 6.07) is 10.1. The summed E-state index contributed by atoms with van der Waals surface area (Å²) in [7, 11) is 0. The monoisotopic (exact) mass is 428 g/mol. The molecule has 0 saturated heterocycles. The van der Waals surface area contributed by atoms with E-state index in [1.54, 1.807) is 6.92 Å². The third kappa shape index (κ3) is 7.77. The van der Waals surface area contributed by atoms with Gasteiger partial charge in [0.1, 0.15) is 5.82 Å². The Kier molecular flexibility index (Phi) is 8.07. The van der Waals surface area contributed by atoms with Gasteiger partial charge in [-0.25, -0.2) is 4.39 Å². The Labute approximate surface area is 170 Å². The van der Waals surface area contributed by atoms with Crippen LogP contribution >= 0.6 is 11.8 Å². The van der Waals surface area contributed by atoms with Crippen molar-refractivity contribution in [2.75, 3.05) is 17.6 Å². The fourth-order valence-corrected chi connectivity index (χ4v) is 3.05. The molecule has 0 aliphatic carbocycles. The van der Waals surface area contributed by atoms with Crippen molar-refractivity contribution in [1.29, 1.82) is 0 Å². The Hall–Kier alpha value is -2.55. The first-order chi connectivity index (χ1) is 13.6. The van der Waals surface area contributed by atoms with Crippen LogP contribution in [0.5, 0.6) is 0 Å². The van der Waals surface area contributed by atoms with Crippen molar-refractivity contribution < 1.29 is 27.2 Å². The van der Waals surface area contributed by atoms with Crippen LogP contribution < -0.4 is 10.6 Å². The summed E-state index contributed by atoms with van der Waals surface area (Å²) in [6.45, 7) is 1.93. The molecule has 0 fully saturated rings. The number of nitrogens with one attached hydrogen (secondary N) is 2. The summed E-state index contributed by atoms with van der Waals surface area (Å²) in [5.41, 5.74) is 0.428. The Morgan fingerprint density at radius 1 is 1.03 bits per heavy atom. The van der Waals surface area contributed by atoms with Gasteiger partial charge in [-0.2, -0.15) is 13.2 Å². The molecule has 0 bridgehead atoms. The molecule has 2 rings (SSSR count). The lowest BCUT2D eigenvalue weighted by molar-refractivity contribution is -0.137. The first-order valence-electron chi connectivity index (χ1n) is 8.76. The molecule has 0 aliphatic rings. The first kappa shape index (κ1) is 22.7. The van der Waals surface area contributed by atoms with Gasteiger partial charge in [0.2, 0.25) is 11.8 Å². The minimum Gasteiger partial charge on any atom is -0.355 e. The maximum Gasteiger partial charge on any atom is 0.416 e. The largest absolute Gasteiger partial charge is 0.416 e. The van der Waals surface area contributed by atoms with Crippen molar-refractivity contribution in [3.8, 4) is 0 Å². The molecular formula is C20H20F4N2O2S. The van der Waals surface area contributed by atoms with Gasteiger partial charge >= 0.3 is 6.18 Å². The lowest BCUT2D eigenvalue weighted by Gasteiger charge is -2.12. The first-order valence-corrected chi connectivity index (χ1v) is 9.81. The van der Waals surface area contributed by atoms with Gasteiger partial charge in [-0.15, -0.1) is 11.8 Å². The number of benzene rings is 2. The normalized spacial score (nSPS) is 12.3. The highest BCUT2D eigenvalue weighted by atomic mass is 32.2. The third-order valence-electron chi connectivity index (χ3n) is 3.96. The summed E-state index contributed by atoms with van der Waals surface area (Å²) in [6.07, 6.45) is -3.98. The smallest absolute Gasteiger partial charge is 0.355 e. The molecule has 2 amide bonds. The maximum absolute atomic E-state index is 12.8. The quantitative estimate of drug-likeness (QED) is 0.618. The fourth-order valence-electron chi connectivity index (χ4n) is 2.34. The number of hydrogen-bond donors (Lipinski definition) is 2. The average Bonchev–Trinajstić information content (AvgIpc) is 2.67. The molecule has 156 valence electrons. The zero-order chi connectivity index (χ0) is 21.4. The molecule has 0 radical (unpaired) electrons. The minimum absolute atomic E-state index is 0.0465. The number of anilines is 1. The van der Waals surface area contributed by atoms with Crippen molar-refractivity contribution >= 4 is 29.3 Å². The Balaban J connectivity index is 1.69. The second-order valence-electron chi connectivity index (χ2n) is 6.24. The standard InChI is InChI=1S/C20H20F4N2O2S/c1-13(29-12-18(27)26-17-8-6-16(21)7-9-17)19(28)25-11-10-14-2-4-15(5-3-14)20(22,23)24/h2-9,13H,10-12H2,1H3,(H,25,28)(H,26,27). The molecule has 0 heterocycles. The van der Waals surface area contributed by atoms with Crippen molar-refractivity contribution in [2.24, 2.45) is 0 Å². The zero-order valence-corrected chi connectivity index (χ0v) is 16.4. The summed E-state index contributed by atoms with van der Waals surface area (Å²) in [4.78, 5) is 24.0. The van der Waals surface area contributed by atoms with E-state index in [0.29, 0.717) is 17.7 Å². The fraction of sp³-hybridized carbons (Fsp3) is 0.300. The van der Waals surface area contributed by atoms with Crippen molar-refractivity contribution in [3.05, 3.63) is 65.5 Å². The lowest BCUT2D eigenvalue weighted by Crippen LogP contribution is -2.33. The number of hydrogen-bond acceptors (Lipinski definition) is 3. The summed E-state index contributed by atoms with van der Waals surface area (Å²) < 4.78 is 50.4.